The number of carbonyl (C=O) groups excluding carboxylic acids is 1. The van der Waals surface area contributed by atoms with Crippen LogP contribution >= 0.6 is 0 Å². The first kappa shape index (κ1) is 19.4. The number of hydrogen-bond donors (Lipinski definition) is 1. The molecule has 4 aromatic rings. The molecular formula is C22H16F2N2O4. The SMILES string of the molecule is COc1ccc(C(=O)Nc2ccc(-c3nc4ccccc4o3)cc2)cc1OC(F)F. The molecule has 1 N–H and O–H groups in total. The number of fused-ring (bicyclic) bond motifs is 1. The highest BCUT2D eigenvalue weighted by atomic mass is 19.3. The molecule has 3 aromatic carbocycles. The fourth-order valence-corrected chi connectivity index (χ4v) is 2.90. The van der Waals surface area contributed by atoms with Gasteiger partial charge in [-0.3, -0.25) is 4.79 Å². The third-order valence-corrected chi connectivity index (χ3v) is 4.33. The lowest BCUT2D eigenvalue weighted by atomic mass is 10.1. The Bertz CT molecular complexity index is 1160. The van der Waals surface area contributed by atoms with Gasteiger partial charge in [-0.1, -0.05) is 12.1 Å². The molecule has 0 saturated heterocycles. The van der Waals surface area contributed by atoms with E-state index in [1.807, 2.05) is 24.3 Å². The molecule has 1 heterocycles. The van der Waals surface area contributed by atoms with Crippen molar-refractivity contribution in [3.8, 4) is 23.0 Å². The summed E-state index contributed by atoms with van der Waals surface area (Å²) in [4.78, 5) is 16.9. The van der Waals surface area contributed by atoms with Gasteiger partial charge in [-0.2, -0.15) is 8.78 Å². The lowest BCUT2D eigenvalue weighted by Gasteiger charge is -2.12. The van der Waals surface area contributed by atoms with Crippen molar-refractivity contribution in [2.24, 2.45) is 0 Å². The van der Waals surface area contributed by atoms with Gasteiger partial charge in [-0.15, -0.1) is 0 Å². The third kappa shape index (κ3) is 4.07. The minimum absolute atomic E-state index is 0.106. The van der Waals surface area contributed by atoms with Gasteiger partial charge in [0.25, 0.3) is 5.91 Å². The van der Waals surface area contributed by atoms with Gasteiger partial charge in [0, 0.05) is 16.8 Å². The number of nitrogens with zero attached hydrogens (tertiary/aromatic N) is 1. The number of alkyl halides is 2. The lowest BCUT2D eigenvalue weighted by molar-refractivity contribution is -0.0512. The Morgan fingerprint density at radius 2 is 1.80 bits per heavy atom. The maximum Gasteiger partial charge on any atom is 0.387 e. The summed E-state index contributed by atoms with van der Waals surface area (Å²) in [5.74, 6) is -0.120. The van der Waals surface area contributed by atoms with Crippen LogP contribution in [0.15, 0.2) is 71.1 Å². The molecule has 0 aliphatic carbocycles. The Labute approximate surface area is 170 Å². The Hall–Kier alpha value is -3.94. The van der Waals surface area contributed by atoms with Crippen LogP contribution in [0.5, 0.6) is 11.5 Å². The van der Waals surface area contributed by atoms with Crippen LogP contribution < -0.4 is 14.8 Å². The summed E-state index contributed by atoms with van der Waals surface area (Å²) < 4.78 is 40.3. The van der Waals surface area contributed by atoms with Crippen molar-refractivity contribution in [1.29, 1.82) is 0 Å². The van der Waals surface area contributed by atoms with Crippen LogP contribution in [0.3, 0.4) is 0 Å². The van der Waals surface area contributed by atoms with Gasteiger partial charge in [0.15, 0.2) is 17.1 Å². The van der Waals surface area contributed by atoms with Crippen molar-refractivity contribution in [2.45, 2.75) is 6.61 Å². The number of methoxy groups -OCH3 is 1. The van der Waals surface area contributed by atoms with Crippen molar-refractivity contribution in [3.05, 3.63) is 72.3 Å². The van der Waals surface area contributed by atoms with E-state index in [-0.39, 0.29) is 17.1 Å². The number of oxazole rings is 1. The first-order valence-electron chi connectivity index (χ1n) is 8.93. The van der Waals surface area contributed by atoms with Gasteiger partial charge >= 0.3 is 6.61 Å². The first-order chi connectivity index (χ1) is 14.5. The van der Waals surface area contributed by atoms with E-state index in [1.165, 1.54) is 25.3 Å². The number of ether oxygens (including phenoxy) is 2. The van der Waals surface area contributed by atoms with Crippen molar-refractivity contribution in [3.63, 3.8) is 0 Å². The molecule has 0 radical (unpaired) electrons. The fourth-order valence-electron chi connectivity index (χ4n) is 2.90. The highest BCUT2D eigenvalue weighted by molar-refractivity contribution is 6.04. The third-order valence-electron chi connectivity index (χ3n) is 4.33. The lowest BCUT2D eigenvalue weighted by Crippen LogP contribution is -2.12. The zero-order valence-electron chi connectivity index (χ0n) is 15.8. The number of benzene rings is 3. The van der Waals surface area contributed by atoms with Gasteiger partial charge in [0.2, 0.25) is 5.89 Å². The van der Waals surface area contributed by atoms with Crippen LogP contribution in [0.2, 0.25) is 0 Å². The summed E-state index contributed by atoms with van der Waals surface area (Å²) in [5.41, 5.74) is 2.86. The van der Waals surface area contributed by atoms with Crippen molar-refractivity contribution in [2.75, 3.05) is 12.4 Å². The van der Waals surface area contributed by atoms with Crippen LogP contribution in [-0.4, -0.2) is 24.6 Å². The van der Waals surface area contributed by atoms with Crippen LogP contribution in [0.4, 0.5) is 14.5 Å². The fraction of sp³-hybridized carbons (Fsp3) is 0.0909. The molecule has 6 nitrogen and oxygen atoms in total. The molecule has 0 fully saturated rings. The van der Waals surface area contributed by atoms with E-state index in [0.717, 1.165) is 11.1 Å². The number of rotatable bonds is 6. The zero-order valence-corrected chi connectivity index (χ0v) is 15.8. The normalized spacial score (nSPS) is 10.9. The molecule has 0 unspecified atom stereocenters. The maximum absolute atomic E-state index is 12.6. The molecule has 0 spiro atoms. The Kier molecular flexibility index (Phi) is 5.30. The van der Waals surface area contributed by atoms with Gasteiger partial charge in [0.1, 0.15) is 5.52 Å². The Morgan fingerprint density at radius 3 is 2.50 bits per heavy atom. The Balaban J connectivity index is 1.51. The molecule has 0 aliphatic heterocycles. The second-order valence-corrected chi connectivity index (χ2v) is 6.26. The predicted molar refractivity (Wildman–Crippen MR) is 107 cm³/mol. The van der Waals surface area contributed by atoms with E-state index in [9.17, 15) is 13.6 Å². The highest BCUT2D eigenvalue weighted by Crippen LogP contribution is 2.30. The van der Waals surface area contributed by atoms with E-state index in [2.05, 4.69) is 15.0 Å². The van der Waals surface area contributed by atoms with Gasteiger partial charge in [-0.25, -0.2) is 4.98 Å². The number of anilines is 1. The predicted octanol–water partition coefficient (Wildman–Crippen LogP) is 5.36. The maximum atomic E-state index is 12.6. The number of aromatic nitrogens is 1. The van der Waals surface area contributed by atoms with Crippen LogP contribution in [0, 0.1) is 0 Å². The van der Waals surface area contributed by atoms with E-state index in [1.54, 1.807) is 24.3 Å². The molecule has 0 aliphatic rings. The quantitative estimate of drug-likeness (QED) is 0.463. The van der Waals surface area contributed by atoms with Crippen molar-refractivity contribution in [1.82, 2.24) is 4.98 Å². The second-order valence-electron chi connectivity index (χ2n) is 6.26. The molecule has 1 amide bonds. The van der Waals surface area contributed by atoms with Crippen molar-refractivity contribution < 1.29 is 27.5 Å². The van der Waals surface area contributed by atoms with E-state index in [0.29, 0.717) is 17.2 Å². The summed E-state index contributed by atoms with van der Waals surface area (Å²) in [7, 11) is 1.33. The van der Waals surface area contributed by atoms with E-state index < -0.39 is 12.5 Å². The molecule has 0 bridgehead atoms. The average molecular weight is 410 g/mol. The van der Waals surface area contributed by atoms with Gasteiger partial charge in [0.05, 0.1) is 7.11 Å². The topological polar surface area (TPSA) is 73.6 Å². The zero-order chi connectivity index (χ0) is 21.1. The van der Waals surface area contributed by atoms with Gasteiger partial charge < -0.3 is 19.2 Å². The molecule has 30 heavy (non-hydrogen) atoms. The smallest absolute Gasteiger partial charge is 0.387 e. The average Bonchev–Trinajstić information content (AvgIpc) is 3.18. The summed E-state index contributed by atoms with van der Waals surface area (Å²) in [6.07, 6.45) is 0. The minimum atomic E-state index is -3.03. The number of carbonyl (C=O) groups is 1. The highest BCUT2D eigenvalue weighted by Gasteiger charge is 2.15. The van der Waals surface area contributed by atoms with Crippen LogP contribution in [0.25, 0.3) is 22.6 Å². The Morgan fingerprint density at radius 1 is 1.03 bits per heavy atom. The molecule has 8 heteroatoms. The van der Waals surface area contributed by atoms with E-state index in [4.69, 9.17) is 9.15 Å². The summed E-state index contributed by atoms with van der Waals surface area (Å²) >= 11 is 0. The number of nitrogens with one attached hydrogen (secondary N) is 1. The number of halogens is 2. The summed E-state index contributed by atoms with van der Waals surface area (Å²) in [6, 6.07) is 18.4. The number of para-hydroxylation sites is 2. The van der Waals surface area contributed by atoms with Gasteiger partial charge in [-0.05, 0) is 54.6 Å². The molecule has 0 atom stereocenters. The summed E-state index contributed by atoms with van der Waals surface area (Å²) in [6.45, 7) is -3.03. The second kappa shape index (κ2) is 8.20. The monoisotopic (exact) mass is 410 g/mol. The van der Waals surface area contributed by atoms with Crippen molar-refractivity contribution >= 4 is 22.7 Å². The molecule has 152 valence electrons. The standard InChI is InChI=1S/C22H16F2N2O4/c1-28-18-11-8-14(12-19(18)30-22(23)24)20(27)25-15-9-6-13(7-10-15)21-26-16-4-2-3-5-17(16)29-21/h2-12,22H,1H3,(H,25,27). The van der Waals surface area contributed by atoms with Crippen LogP contribution in [-0.2, 0) is 0 Å². The first-order valence-corrected chi connectivity index (χ1v) is 8.93. The van der Waals surface area contributed by atoms with Crippen LogP contribution in [0.1, 0.15) is 10.4 Å². The number of hydrogen-bond acceptors (Lipinski definition) is 5. The van der Waals surface area contributed by atoms with E-state index >= 15 is 0 Å². The minimum Gasteiger partial charge on any atom is -0.493 e. The molecule has 4 rings (SSSR count). The molecule has 1 aromatic heterocycles. The molecular weight excluding hydrogens is 394 g/mol. The molecule has 0 saturated carbocycles. The number of amides is 1. The summed E-state index contributed by atoms with van der Waals surface area (Å²) in [5, 5.41) is 2.71. The largest absolute Gasteiger partial charge is 0.493 e.